The molecular weight excluding hydrogens is 290 g/mol. The minimum absolute atomic E-state index is 0.152. The third kappa shape index (κ3) is 7.79. The van der Waals surface area contributed by atoms with Crippen LogP contribution in [-0.2, 0) is 11.3 Å². The van der Waals surface area contributed by atoms with Crippen molar-refractivity contribution in [2.75, 3.05) is 19.8 Å². The summed E-state index contributed by atoms with van der Waals surface area (Å²) in [6.45, 7) is 5.54. The summed E-state index contributed by atoms with van der Waals surface area (Å²) in [7, 11) is 0. The minimum atomic E-state index is -0.558. The van der Waals surface area contributed by atoms with E-state index >= 15 is 0 Å². The van der Waals surface area contributed by atoms with Gasteiger partial charge in [-0.2, -0.15) is 0 Å². The van der Waals surface area contributed by atoms with Crippen LogP contribution in [0.3, 0.4) is 0 Å². The molecule has 2 unspecified atom stereocenters. The second-order valence-corrected chi connectivity index (χ2v) is 6.00. The lowest BCUT2D eigenvalue weighted by molar-refractivity contribution is 0.0264. The Hall–Kier alpha value is -0.650. The Morgan fingerprint density at radius 3 is 2.48 bits per heavy atom. The summed E-state index contributed by atoms with van der Waals surface area (Å²) in [6, 6.07) is 7.66. The maximum absolute atomic E-state index is 9.90. The van der Waals surface area contributed by atoms with Crippen LogP contribution in [0.25, 0.3) is 0 Å². The van der Waals surface area contributed by atoms with Gasteiger partial charge in [-0.1, -0.05) is 37.6 Å². The number of benzene rings is 1. The summed E-state index contributed by atoms with van der Waals surface area (Å²) in [5, 5.41) is 22.9. The molecule has 0 aromatic heterocycles. The molecule has 0 spiro atoms. The Morgan fingerprint density at radius 1 is 1.24 bits per heavy atom. The predicted molar refractivity (Wildman–Crippen MR) is 85.4 cm³/mol. The lowest BCUT2D eigenvalue weighted by Gasteiger charge is -2.23. The van der Waals surface area contributed by atoms with E-state index in [0.717, 1.165) is 5.56 Å². The third-order valence-electron chi connectivity index (χ3n) is 3.35. The Labute approximate surface area is 132 Å². The molecule has 1 aromatic rings. The maximum Gasteiger partial charge on any atom is 0.0897 e. The highest BCUT2D eigenvalue weighted by molar-refractivity contribution is 6.30. The van der Waals surface area contributed by atoms with E-state index in [0.29, 0.717) is 30.5 Å². The molecule has 0 aliphatic carbocycles. The second-order valence-electron chi connectivity index (χ2n) is 5.57. The van der Waals surface area contributed by atoms with Crippen molar-refractivity contribution in [1.82, 2.24) is 5.32 Å². The SMILES string of the molecule is CC(C)C(CCO)NCC(O)COCc1ccc(Cl)cc1. The molecule has 21 heavy (non-hydrogen) atoms. The lowest BCUT2D eigenvalue weighted by Crippen LogP contribution is -2.40. The first-order chi connectivity index (χ1) is 10.0. The van der Waals surface area contributed by atoms with Gasteiger partial charge in [-0.3, -0.25) is 0 Å². The summed E-state index contributed by atoms with van der Waals surface area (Å²) >= 11 is 5.81. The number of halogens is 1. The zero-order valence-corrected chi connectivity index (χ0v) is 13.5. The van der Waals surface area contributed by atoms with Crippen molar-refractivity contribution in [1.29, 1.82) is 0 Å². The fraction of sp³-hybridized carbons (Fsp3) is 0.625. The van der Waals surface area contributed by atoms with Crippen LogP contribution in [0, 0.1) is 5.92 Å². The van der Waals surface area contributed by atoms with Crippen molar-refractivity contribution in [3.05, 3.63) is 34.9 Å². The highest BCUT2D eigenvalue weighted by Gasteiger charge is 2.14. The quantitative estimate of drug-likeness (QED) is 0.619. The van der Waals surface area contributed by atoms with Crippen molar-refractivity contribution >= 4 is 11.6 Å². The average molecular weight is 316 g/mol. The Bertz CT molecular complexity index is 384. The van der Waals surface area contributed by atoms with Gasteiger partial charge in [-0.15, -0.1) is 0 Å². The summed E-state index contributed by atoms with van der Waals surface area (Å²) < 4.78 is 5.49. The molecule has 0 radical (unpaired) electrons. The van der Waals surface area contributed by atoms with Crippen LogP contribution < -0.4 is 5.32 Å². The second kappa shape index (κ2) is 10.1. The molecule has 0 heterocycles. The molecule has 0 fully saturated rings. The van der Waals surface area contributed by atoms with Gasteiger partial charge in [0.25, 0.3) is 0 Å². The molecule has 5 heteroatoms. The van der Waals surface area contributed by atoms with Crippen molar-refractivity contribution < 1.29 is 14.9 Å². The molecule has 1 aromatic carbocycles. The van der Waals surface area contributed by atoms with Crippen LogP contribution in [0.2, 0.25) is 5.02 Å². The molecule has 4 nitrogen and oxygen atoms in total. The monoisotopic (exact) mass is 315 g/mol. The smallest absolute Gasteiger partial charge is 0.0897 e. The maximum atomic E-state index is 9.90. The van der Waals surface area contributed by atoms with Gasteiger partial charge in [0.2, 0.25) is 0 Å². The van der Waals surface area contributed by atoms with Crippen LogP contribution in [0.15, 0.2) is 24.3 Å². The first-order valence-electron chi connectivity index (χ1n) is 7.37. The van der Waals surface area contributed by atoms with E-state index in [4.69, 9.17) is 21.4 Å². The highest BCUT2D eigenvalue weighted by atomic mass is 35.5. The van der Waals surface area contributed by atoms with E-state index < -0.39 is 6.10 Å². The highest BCUT2D eigenvalue weighted by Crippen LogP contribution is 2.10. The molecule has 2 atom stereocenters. The number of hydrogen-bond donors (Lipinski definition) is 3. The zero-order valence-electron chi connectivity index (χ0n) is 12.8. The van der Waals surface area contributed by atoms with Gasteiger partial charge in [0.1, 0.15) is 0 Å². The third-order valence-corrected chi connectivity index (χ3v) is 3.60. The van der Waals surface area contributed by atoms with E-state index in [1.807, 2.05) is 24.3 Å². The standard InChI is InChI=1S/C16H26ClNO3/c1-12(2)16(7-8-19)18-9-15(20)11-21-10-13-3-5-14(17)6-4-13/h3-6,12,15-16,18-20H,7-11H2,1-2H3. The van der Waals surface area contributed by atoms with Gasteiger partial charge in [0.15, 0.2) is 0 Å². The van der Waals surface area contributed by atoms with Crippen molar-refractivity contribution in [3.8, 4) is 0 Å². The summed E-state index contributed by atoms with van der Waals surface area (Å²) in [6.07, 6.45) is 0.132. The van der Waals surface area contributed by atoms with Gasteiger partial charge in [-0.25, -0.2) is 0 Å². The summed E-state index contributed by atoms with van der Waals surface area (Å²) in [5.41, 5.74) is 1.03. The average Bonchev–Trinajstić information content (AvgIpc) is 2.45. The van der Waals surface area contributed by atoms with Gasteiger partial charge < -0.3 is 20.3 Å². The van der Waals surface area contributed by atoms with Crippen molar-refractivity contribution in [3.63, 3.8) is 0 Å². The number of ether oxygens (including phenoxy) is 1. The van der Waals surface area contributed by atoms with Crippen LogP contribution in [0.4, 0.5) is 0 Å². The Balaban J connectivity index is 2.21. The largest absolute Gasteiger partial charge is 0.396 e. The van der Waals surface area contributed by atoms with Crippen LogP contribution >= 0.6 is 11.6 Å². The number of nitrogens with one attached hydrogen (secondary N) is 1. The molecule has 3 N–H and O–H groups in total. The molecule has 120 valence electrons. The Kier molecular flexibility index (Phi) is 8.88. The van der Waals surface area contributed by atoms with Crippen LogP contribution in [-0.4, -0.2) is 42.1 Å². The number of aliphatic hydroxyl groups is 2. The molecule has 0 aliphatic rings. The van der Waals surface area contributed by atoms with Crippen LogP contribution in [0.1, 0.15) is 25.8 Å². The molecule has 0 amide bonds. The number of aliphatic hydroxyl groups excluding tert-OH is 2. The van der Waals surface area contributed by atoms with Crippen molar-refractivity contribution in [2.24, 2.45) is 5.92 Å². The minimum Gasteiger partial charge on any atom is -0.396 e. The molecule has 0 saturated heterocycles. The zero-order chi connectivity index (χ0) is 15.7. The molecule has 0 bridgehead atoms. The van der Waals surface area contributed by atoms with E-state index in [1.54, 1.807) is 0 Å². The summed E-state index contributed by atoms with van der Waals surface area (Å²) in [5.74, 6) is 0.416. The van der Waals surface area contributed by atoms with Gasteiger partial charge in [0, 0.05) is 24.2 Å². The van der Waals surface area contributed by atoms with Gasteiger partial charge >= 0.3 is 0 Å². The molecule has 0 saturated carbocycles. The first kappa shape index (κ1) is 18.4. The van der Waals surface area contributed by atoms with Gasteiger partial charge in [0.05, 0.1) is 19.3 Å². The van der Waals surface area contributed by atoms with E-state index in [1.165, 1.54) is 0 Å². The van der Waals surface area contributed by atoms with Gasteiger partial charge in [-0.05, 0) is 30.0 Å². The van der Waals surface area contributed by atoms with Crippen LogP contribution in [0.5, 0.6) is 0 Å². The van der Waals surface area contributed by atoms with E-state index in [9.17, 15) is 5.11 Å². The fourth-order valence-electron chi connectivity index (χ4n) is 2.05. The lowest BCUT2D eigenvalue weighted by atomic mass is 10.0. The number of rotatable bonds is 10. The topological polar surface area (TPSA) is 61.7 Å². The number of hydrogen-bond acceptors (Lipinski definition) is 4. The molecule has 0 aliphatic heterocycles. The predicted octanol–water partition coefficient (Wildman–Crippen LogP) is 2.21. The molecule has 1 rings (SSSR count). The van der Waals surface area contributed by atoms with E-state index in [-0.39, 0.29) is 19.3 Å². The first-order valence-corrected chi connectivity index (χ1v) is 7.75. The van der Waals surface area contributed by atoms with Crippen molar-refractivity contribution in [2.45, 2.75) is 39.0 Å². The normalized spacial score (nSPS) is 14.4. The fourth-order valence-corrected chi connectivity index (χ4v) is 2.18. The Morgan fingerprint density at radius 2 is 1.90 bits per heavy atom. The molecular formula is C16H26ClNO3. The van der Waals surface area contributed by atoms with E-state index in [2.05, 4.69) is 19.2 Å². The summed E-state index contributed by atoms with van der Waals surface area (Å²) in [4.78, 5) is 0.